The molecule has 0 bridgehead atoms. The predicted molar refractivity (Wildman–Crippen MR) is 89.8 cm³/mol. The molecule has 0 aromatic heterocycles. The molecule has 0 aliphatic rings. The minimum absolute atomic E-state index is 0.0959. The van der Waals surface area contributed by atoms with Crippen LogP contribution in [0, 0.1) is 10.1 Å². The van der Waals surface area contributed by atoms with Gasteiger partial charge in [0.05, 0.1) is 38.9 Å². The smallest absolute Gasteiger partial charge is 0.275 e. The third-order valence-electron chi connectivity index (χ3n) is 3.73. The Morgan fingerprint density at radius 2 is 1.56 bits per heavy atom. The highest BCUT2D eigenvalue weighted by molar-refractivity contribution is 5.57. The zero-order valence-corrected chi connectivity index (χ0v) is 14.3. The molecule has 0 unspecified atom stereocenters. The van der Waals surface area contributed by atoms with Crippen molar-refractivity contribution in [3.63, 3.8) is 0 Å². The highest BCUT2D eigenvalue weighted by Crippen LogP contribution is 2.42. The van der Waals surface area contributed by atoms with Gasteiger partial charge in [0.15, 0.2) is 11.5 Å². The number of aliphatic hydroxyl groups is 1. The van der Waals surface area contributed by atoms with Gasteiger partial charge >= 0.3 is 0 Å². The molecule has 0 radical (unpaired) electrons. The van der Waals surface area contributed by atoms with Crippen molar-refractivity contribution in [2.75, 3.05) is 28.4 Å². The van der Waals surface area contributed by atoms with Gasteiger partial charge in [-0.2, -0.15) is 0 Å². The van der Waals surface area contributed by atoms with Crippen LogP contribution in [0.15, 0.2) is 30.3 Å². The fraction of sp³-hybridized carbons (Fsp3) is 0.294. The Morgan fingerprint density at radius 3 is 2.00 bits per heavy atom. The summed E-state index contributed by atoms with van der Waals surface area (Å²) in [5, 5.41) is 22.0. The van der Waals surface area contributed by atoms with Gasteiger partial charge in [-0.3, -0.25) is 10.1 Å². The van der Waals surface area contributed by atoms with Gasteiger partial charge in [0, 0.05) is 6.07 Å². The Balaban J connectivity index is 2.61. The Labute approximate surface area is 144 Å². The van der Waals surface area contributed by atoms with Gasteiger partial charge in [-0.05, 0) is 29.8 Å². The van der Waals surface area contributed by atoms with E-state index in [0.717, 1.165) is 0 Å². The normalized spacial score (nSPS) is 11.6. The standard InChI is InChI=1S/C17H19NO7/c1-22-11-5-6-13(18(20)21)12(9-11)16(19)10-7-14(23-2)17(25-4)15(8-10)24-3/h5-9,16,19H,1-4H3/t16-/m1/s1. The number of nitro groups is 1. The Kier molecular flexibility index (Phi) is 5.66. The number of benzene rings is 2. The molecule has 2 aromatic carbocycles. The molecule has 8 nitrogen and oxygen atoms in total. The van der Waals surface area contributed by atoms with Crippen LogP contribution in [0.1, 0.15) is 17.2 Å². The fourth-order valence-corrected chi connectivity index (χ4v) is 2.48. The molecular weight excluding hydrogens is 330 g/mol. The number of hydrogen-bond donors (Lipinski definition) is 1. The number of aliphatic hydroxyl groups excluding tert-OH is 1. The number of nitrogens with zero attached hydrogens (tertiary/aromatic N) is 1. The predicted octanol–water partition coefficient (Wildman–Crippen LogP) is 2.71. The van der Waals surface area contributed by atoms with Crippen molar-refractivity contribution in [1.29, 1.82) is 0 Å². The van der Waals surface area contributed by atoms with Gasteiger partial charge in [0.25, 0.3) is 5.69 Å². The van der Waals surface area contributed by atoms with Crippen LogP contribution in [0.4, 0.5) is 5.69 Å². The highest BCUT2D eigenvalue weighted by Gasteiger charge is 2.25. The third-order valence-corrected chi connectivity index (χ3v) is 3.73. The van der Waals surface area contributed by atoms with Crippen LogP contribution in [-0.4, -0.2) is 38.5 Å². The molecule has 0 amide bonds. The molecule has 0 spiro atoms. The summed E-state index contributed by atoms with van der Waals surface area (Å²) in [5.74, 6) is 1.43. The molecule has 1 N–H and O–H groups in total. The zero-order chi connectivity index (χ0) is 18.6. The SMILES string of the molecule is COc1ccc([N+](=O)[O-])c([C@H](O)c2cc(OC)c(OC)c(OC)c2)c1. The van der Waals surface area contributed by atoms with Gasteiger partial charge in [0.2, 0.25) is 5.75 Å². The van der Waals surface area contributed by atoms with Crippen LogP contribution >= 0.6 is 0 Å². The molecule has 0 aliphatic carbocycles. The molecule has 25 heavy (non-hydrogen) atoms. The number of ether oxygens (including phenoxy) is 4. The van der Waals surface area contributed by atoms with Crippen molar-refractivity contribution in [3.05, 3.63) is 51.6 Å². The van der Waals surface area contributed by atoms with E-state index in [1.807, 2.05) is 0 Å². The zero-order valence-electron chi connectivity index (χ0n) is 14.3. The van der Waals surface area contributed by atoms with E-state index in [0.29, 0.717) is 28.6 Å². The molecular formula is C17H19NO7. The fourth-order valence-electron chi connectivity index (χ4n) is 2.48. The number of nitro benzene ring substituents is 1. The van der Waals surface area contributed by atoms with E-state index in [9.17, 15) is 15.2 Å². The van der Waals surface area contributed by atoms with Crippen molar-refractivity contribution in [1.82, 2.24) is 0 Å². The first-order chi connectivity index (χ1) is 12.0. The highest BCUT2D eigenvalue weighted by atomic mass is 16.6. The summed E-state index contributed by atoms with van der Waals surface area (Å²) in [6, 6.07) is 7.25. The van der Waals surface area contributed by atoms with Crippen LogP contribution in [0.3, 0.4) is 0 Å². The van der Waals surface area contributed by atoms with Crippen molar-refractivity contribution in [3.8, 4) is 23.0 Å². The molecule has 2 aromatic rings. The van der Waals surface area contributed by atoms with Gasteiger partial charge in [0.1, 0.15) is 11.9 Å². The van der Waals surface area contributed by atoms with E-state index in [1.165, 1.54) is 58.8 Å². The lowest BCUT2D eigenvalue weighted by atomic mass is 9.98. The molecule has 0 saturated carbocycles. The van der Waals surface area contributed by atoms with Crippen molar-refractivity contribution in [2.45, 2.75) is 6.10 Å². The van der Waals surface area contributed by atoms with E-state index in [2.05, 4.69) is 0 Å². The molecule has 134 valence electrons. The van der Waals surface area contributed by atoms with Gasteiger partial charge < -0.3 is 24.1 Å². The lowest BCUT2D eigenvalue weighted by Crippen LogP contribution is -2.06. The average molecular weight is 349 g/mol. The van der Waals surface area contributed by atoms with Crippen LogP contribution in [0.2, 0.25) is 0 Å². The third kappa shape index (κ3) is 3.58. The minimum atomic E-state index is -1.29. The van der Waals surface area contributed by atoms with Crippen molar-refractivity contribution < 1.29 is 29.0 Å². The van der Waals surface area contributed by atoms with Crippen LogP contribution in [-0.2, 0) is 0 Å². The summed E-state index contributed by atoms with van der Waals surface area (Å²) in [4.78, 5) is 10.7. The maximum Gasteiger partial charge on any atom is 0.275 e. The van der Waals surface area contributed by atoms with Gasteiger partial charge in [-0.1, -0.05) is 0 Å². The average Bonchev–Trinajstić information content (AvgIpc) is 2.65. The molecule has 1 atom stereocenters. The van der Waals surface area contributed by atoms with Crippen LogP contribution < -0.4 is 18.9 Å². The first-order valence-electron chi connectivity index (χ1n) is 7.27. The summed E-state index contributed by atoms with van der Waals surface area (Å²) in [6.45, 7) is 0. The van der Waals surface area contributed by atoms with E-state index in [4.69, 9.17) is 18.9 Å². The summed E-state index contributed by atoms with van der Waals surface area (Å²) in [6.07, 6.45) is -1.29. The summed E-state index contributed by atoms with van der Waals surface area (Å²) < 4.78 is 20.8. The first kappa shape index (κ1) is 18.3. The molecule has 8 heteroatoms. The Morgan fingerprint density at radius 1 is 0.960 bits per heavy atom. The Hall–Kier alpha value is -3.00. The summed E-state index contributed by atoms with van der Waals surface area (Å²) in [7, 11) is 5.79. The molecule has 0 saturated heterocycles. The second-order valence-electron chi connectivity index (χ2n) is 5.04. The molecule has 0 heterocycles. The maximum absolute atomic E-state index is 11.3. The molecule has 2 rings (SSSR count). The topological polar surface area (TPSA) is 100 Å². The monoisotopic (exact) mass is 349 g/mol. The first-order valence-corrected chi connectivity index (χ1v) is 7.27. The second kappa shape index (κ2) is 7.71. The number of methoxy groups -OCH3 is 4. The lowest BCUT2D eigenvalue weighted by molar-refractivity contribution is -0.386. The van der Waals surface area contributed by atoms with E-state index in [1.54, 1.807) is 0 Å². The van der Waals surface area contributed by atoms with Crippen LogP contribution in [0.5, 0.6) is 23.0 Å². The molecule has 0 aliphatic heterocycles. The number of hydrogen-bond acceptors (Lipinski definition) is 7. The second-order valence-corrected chi connectivity index (χ2v) is 5.04. The van der Waals surface area contributed by atoms with Gasteiger partial charge in [-0.25, -0.2) is 0 Å². The Bertz CT molecular complexity index is 751. The largest absolute Gasteiger partial charge is 0.497 e. The van der Waals surface area contributed by atoms with Crippen molar-refractivity contribution >= 4 is 5.69 Å². The van der Waals surface area contributed by atoms with E-state index < -0.39 is 11.0 Å². The quantitative estimate of drug-likeness (QED) is 0.606. The number of rotatable bonds is 7. The van der Waals surface area contributed by atoms with Crippen molar-refractivity contribution in [2.24, 2.45) is 0 Å². The maximum atomic E-state index is 11.3. The van der Waals surface area contributed by atoms with Gasteiger partial charge in [-0.15, -0.1) is 0 Å². The van der Waals surface area contributed by atoms with E-state index >= 15 is 0 Å². The summed E-state index contributed by atoms with van der Waals surface area (Å²) >= 11 is 0. The minimum Gasteiger partial charge on any atom is -0.497 e. The molecule has 0 fully saturated rings. The van der Waals surface area contributed by atoms with E-state index in [-0.39, 0.29) is 11.3 Å². The lowest BCUT2D eigenvalue weighted by Gasteiger charge is -2.17. The summed E-state index contributed by atoms with van der Waals surface area (Å²) in [5.41, 5.74) is 0.228. The van der Waals surface area contributed by atoms with Crippen LogP contribution in [0.25, 0.3) is 0 Å².